The third-order valence-corrected chi connectivity index (χ3v) is 3.89. The van der Waals surface area contributed by atoms with Crippen molar-refractivity contribution in [3.8, 4) is 0 Å². The maximum Gasteiger partial charge on any atom is 0.338 e. The van der Waals surface area contributed by atoms with Crippen molar-refractivity contribution in [2.24, 2.45) is 0 Å². The van der Waals surface area contributed by atoms with E-state index in [1.165, 1.54) is 38.5 Å². The van der Waals surface area contributed by atoms with Crippen molar-refractivity contribution in [1.29, 1.82) is 0 Å². The standard InChI is InChI=1S/C16H25NO2S/c1-19-16(18)15-10-6-5-9-14(15)13-17-11-7-3-4-8-12-20-2/h5-6,9-10,17H,3-4,7-8,11-13H2,1-2H3. The first-order valence-corrected chi connectivity index (χ1v) is 8.55. The number of carbonyl (C=O) groups excluding carboxylic acids is 1. The molecule has 0 atom stereocenters. The van der Waals surface area contributed by atoms with E-state index in [2.05, 4.69) is 11.6 Å². The van der Waals surface area contributed by atoms with E-state index in [0.717, 1.165) is 18.7 Å². The lowest BCUT2D eigenvalue weighted by Gasteiger charge is -2.09. The van der Waals surface area contributed by atoms with Crippen molar-refractivity contribution < 1.29 is 9.53 Å². The topological polar surface area (TPSA) is 38.3 Å². The van der Waals surface area contributed by atoms with Crippen molar-refractivity contribution in [3.05, 3.63) is 35.4 Å². The second-order valence-electron chi connectivity index (χ2n) is 4.73. The van der Waals surface area contributed by atoms with Gasteiger partial charge in [0.1, 0.15) is 0 Å². The number of benzene rings is 1. The lowest BCUT2D eigenvalue weighted by Crippen LogP contribution is -2.17. The fraction of sp³-hybridized carbons (Fsp3) is 0.562. The van der Waals surface area contributed by atoms with Crippen LogP contribution in [-0.2, 0) is 11.3 Å². The molecule has 0 aliphatic rings. The molecule has 4 heteroatoms. The van der Waals surface area contributed by atoms with Gasteiger partial charge in [0.05, 0.1) is 12.7 Å². The summed E-state index contributed by atoms with van der Waals surface area (Å²) in [5, 5.41) is 3.40. The zero-order chi connectivity index (χ0) is 14.6. The third-order valence-electron chi connectivity index (χ3n) is 3.19. The van der Waals surface area contributed by atoms with Crippen molar-refractivity contribution in [2.75, 3.05) is 25.7 Å². The van der Waals surface area contributed by atoms with Gasteiger partial charge in [0.15, 0.2) is 0 Å². The molecule has 1 aromatic rings. The molecule has 3 nitrogen and oxygen atoms in total. The molecule has 1 aromatic carbocycles. The number of hydrogen-bond donors (Lipinski definition) is 1. The fourth-order valence-corrected chi connectivity index (χ4v) is 2.55. The van der Waals surface area contributed by atoms with Crippen LogP contribution in [0.25, 0.3) is 0 Å². The van der Waals surface area contributed by atoms with E-state index in [-0.39, 0.29) is 5.97 Å². The van der Waals surface area contributed by atoms with E-state index in [1.54, 1.807) is 0 Å². The van der Waals surface area contributed by atoms with Crippen LogP contribution in [0.5, 0.6) is 0 Å². The van der Waals surface area contributed by atoms with Gasteiger partial charge in [-0.05, 0) is 43.0 Å². The Morgan fingerprint density at radius 3 is 2.70 bits per heavy atom. The van der Waals surface area contributed by atoms with Gasteiger partial charge in [-0.2, -0.15) is 11.8 Å². The molecular weight excluding hydrogens is 270 g/mol. The highest BCUT2D eigenvalue weighted by atomic mass is 32.2. The SMILES string of the molecule is COC(=O)c1ccccc1CNCCCCCCSC. The summed E-state index contributed by atoms with van der Waals surface area (Å²) in [5.41, 5.74) is 1.66. The highest BCUT2D eigenvalue weighted by Crippen LogP contribution is 2.10. The van der Waals surface area contributed by atoms with E-state index in [1.807, 2.05) is 36.0 Å². The molecule has 0 unspecified atom stereocenters. The number of esters is 1. The molecule has 1 N–H and O–H groups in total. The van der Waals surface area contributed by atoms with Crippen molar-refractivity contribution in [3.63, 3.8) is 0 Å². The molecule has 20 heavy (non-hydrogen) atoms. The predicted octanol–water partition coefficient (Wildman–Crippen LogP) is 3.49. The van der Waals surface area contributed by atoms with E-state index < -0.39 is 0 Å². The quantitative estimate of drug-likeness (QED) is 0.530. The minimum absolute atomic E-state index is 0.264. The lowest BCUT2D eigenvalue weighted by molar-refractivity contribution is 0.0599. The molecule has 1 rings (SSSR count). The number of ether oxygens (including phenoxy) is 1. The molecule has 0 aliphatic carbocycles. The van der Waals surface area contributed by atoms with E-state index in [4.69, 9.17) is 4.74 Å². The molecule has 0 spiro atoms. The van der Waals surface area contributed by atoms with Crippen LogP contribution in [0.4, 0.5) is 0 Å². The smallest absolute Gasteiger partial charge is 0.338 e. The second-order valence-corrected chi connectivity index (χ2v) is 5.72. The van der Waals surface area contributed by atoms with Gasteiger partial charge in [-0.1, -0.05) is 31.0 Å². The van der Waals surface area contributed by atoms with Gasteiger partial charge < -0.3 is 10.1 Å². The zero-order valence-electron chi connectivity index (χ0n) is 12.5. The molecule has 0 amide bonds. The Bertz CT molecular complexity index is 396. The Labute approximate surface area is 126 Å². The first kappa shape index (κ1) is 17.1. The average molecular weight is 295 g/mol. The predicted molar refractivity (Wildman–Crippen MR) is 86.3 cm³/mol. The fourth-order valence-electron chi connectivity index (χ4n) is 2.06. The highest BCUT2D eigenvalue weighted by molar-refractivity contribution is 7.98. The van der Waals surface area contributed by atoms with Crippen molar-refractivity contribution >= 4 is 17.7 Å². The summed E-state index contributed by atoms with van der Waals surface area (Å²) in [6, 6.07) is 7.59. The minimum atomic E-state index is -0.264. The maximum atomic E-state index is 11.6. The van der Waals surface area contributed by atoms with Gasteiger partial charge in [-0.3, -0.25) is 0 Å². The summed E-state index contributed by atoms with van der Waals surface area (Å²) in [6.07, 6.45) is 7.23. The molecular formula is C16H25NO2S. The minimum Gasteiger partial charge on any atom is -0.465 e. The number of rotatable bonds is 10. The number of methoxy groups -OCH3 is 1. The number of hydrogen-bond acceptors (Lipinski definition) is 4. The molecule has 0 aromatic heterocycles. The van der Waals surface area contributed by atoms with Gasteiger partial charge in [0, 0.05) is 6.54 Å². The monoisotopic (exact) mass is 295 g/mol. The molecule has 0 fully saturated rings. The van der Waals surface area contributed by atoms with Crippen LogP contribution in [0.2, 0.25) is 0 Å². The van der Waals surface area contributed by atoms with Gasteiger partial charge in [-0.25, -0.2) is 4.79 Å². The van der Waals surface area contributed by atoms with Crippen LogP contribution in [0, 0.1) is 0 Å². The summed E-state index contributed by atoms with van der Waals surface area (Å²) in [7, 11) is 1.42. The Morgan fingerprint density at radius 2 is 1.95 bits per heavy atom. The van der Waals surface area contributed by atoms with Crippen molar-refractivity contribution in [2.45, 2.75) is 32.2 Å². The number of carbonyl (C=O) groups is 1. The van der Waals surface area contributed by atoms with Gasteiger partial charge >= 0.3 is 5.97 Å². The Morgan fingerprint density at radius 1 is 1.20 bits per heavy atom. The summed E-state index contributed by atoms with van der Waals surface area (Å²) >= 11 is 1.91. The normalized spacial score (nSPS) is 10.5. The van der Waals surface area contributed by atoms with Gasteiger partial charge in [0.25, 0.3) is 0 Å². The molecule has 0 heterocycles. The van der Waals surface area contributed by atoms with Crippen LogP contribution in [0.3, 0.4) is 0 Å². The second kappa shape index (κ2) is 10.7. The third kappa shape index (κ3) is 6.44. The van der Waals surface area contributed by atoms with E-state index >= 15 is 0 Å². The molecule has 0 aliphatic heterocycles. The Kier molecular flexibility index (Phi) is 9.16. The maximum absolute atomic E-state index is 11.6. The zero-order valence-corrected chi connectivity index (χ0v) is 13.3. The number of unbranched alkanes of at least 4 members (excludes halogenated alkanes) is 3. The van der Waals surface area contributed by atoms with E-state index in [9.17, 15) is 4.79 Å². The summed E-state index contributed by atoms with van der Waals surface area (Å²) in [6.45, 7) is 1.71. The van der Waals surface area contributed by atoms with Crippen LogP contribution in [0.1, 0.15) is 41.6 Å². The first-order chi connectivity index (χ1) is 9.79. The van der Waals surface area contributed by atoms with Gasteiger partial charge in [-0.15, -0.1) is 0 Å². The number of thioether (sulfide) groups is 1. The molecule has 112 valence electrons. The van der Waals surface area contributed by atoms with Crippen molar-refractivity contribution in [1.82, 2.24) is 5.32 Å². The van der Waals surface area contributed by atoms with Crippen LogP contribution < -0.4 is 5.32 Å². The Balaban J connectivity index is 2.23. The van der Waals surface area contributed by atoms with Crippen LogP contribution in [-0.4, -0.2) is 31.6 Å². The largest absolute Gasteiger partial charge is 0.465 e. The van der Waals surface area contributed by atoms with Gasteiger partial charge in [0.2, 0.25) is 0 Å². The summed E-state index contributed by atoms with van der Waals surface area (Å²) in [4.78, 5) is 11.6. The summed E-state index contributed by atoms with van der Waals surface area (Å²) in [5.74, 6) is 0.999. The molecule has 0 saturated carbocycles. The average Bonchev–Trinajstić information content (AvgIpc) is 2.49. The molecule has 0 saturated heterocycles. The van der Waals surface area contributed by atoms with Crippen LogP contribution >= 0.6 is 11.8 Å². The van der Waals surface area contributed by atoms with Crippen LogP contribution in [0.15, 0.2) is 24.3 Å². The number of nitrogens with one attached hydrogen (secondary N) is 1. The highest BCUT2D eigenvalue weighted by Gasteiger charge is 2.09. The first-order valence-electron chi connectivity index (χ1n) is 7.15. The molecule has 0 radical (unpaired) electrons. The van der Waals surface area contributed by atoms with E-state index in [0.29, 0.717) is 5.56 Å². The Hall–Kier alpha value is -1.00. The molecule has 0 bridgehead atoms. The lowest BCUT2D eigenvalue weighted by atomic mass is 10.1. The summed E-state index contributed by atoms with van der Waals surface area (Å²) < 4.78 is 4.79.